The standard InChI is InChI=1S/C22H20ClF3N4O2/c1-13(28-15-3-5-17(6-4-15)32-22(23,25)26)14-2-7-20(30-9-8-16(31)12-30)18(10-14)21-19(24)11-27-29-21/h2-7,10-11,16,28,31H,1,8-9,12H2,(H,27,29)/t16-/m1/s1. The largest absolute Gasteiger partial charge is 0.487 e. The van der Waals surface area contributed by atoms with Crippen LogP contribution in [-0.4, -0.2) is 40.1 Å². The van der Waals surface area contributed by atoms with Gasteiger partial charge in [0.25, 0.3) is 0 Å². The molecule has 0 radical (unpaired) electrons. The molecule has 0 spiro atoms. The highest BCUT2D eigenvalue weighted by Crippen LogP contribution is 2.36. The molecule has 1 saturated heterocycles. The molecule has 6 nitrogen and oxygen atoms in total. The number of hydrogen-bond acceptors (Lipinski definition) is 5. The highest BCUT2D eigenvalue weighted by Gasteiger charge is 2.27. The molecule has 1 aromatic heterocycles. The van der Waals surface area contributed by atoms with Crippen molar-refractivity contribution in [2.75, 3.05) is 23.3 Å². The van der Waals surface area contributed by atoms with Crippen LogP contribution in [0.3, 0.4) is 0 Å². The van der Waals surface area contributed by atoms with Crippen molar-refractivity contribution in [2.45, 2.75) is 18.1 Å². The molecule has 2 heterocycles. The lowest BCUT2D eigenvalue weighted by molar-refractivity contribution is -0.0964. The van der Waals surface area contributed by atoms with E-state index in [0.717, 1.165) is 11.9 Å². The second-order valence-electron chi connectivity index (χ2n) is 7.39. The van der Waals surface area contributed by atoms with E-state index in [4.69, 9.17) is 11.6 Å². The molecule has 1 atom stereocenters. The first-order chi connectivity index (χ1) is 15.2. The fraction of sp³-hybridized carbons (Fsp3) is 0.227. The number of aliphatic hydroxyl groups is 1. The highest BCUT2D eigenvalue weighted by molar-refractivity contribution is 6.20. The van der Waals surface area contributed by atoms with Gasteiger partial charge in [-0.25, -0.2) is 4.39 Å². The number of rotatable bonds is 7. The second kappa shape index (κ2) is 8.76. The van der Waals surface area contributed by atoms with Gasteiger partial charge < -0.3 is 20.1 Å². The number of aliphatic hydroxyl groups excluding tert-OH is 1. The molecule has 4 rings (SSSR count). The molecule has 10 heteroatoms. The Morgan fingerprint density at radius 1 is 1.28 bits per heavy atom. The summed E-state index contributed by atoms with van der Waals surface area (Å²) in [7, 11) is 0. The van der Waals surface area contributed by atoms with Gasteiger partial charge in [-0.05, 0) is 48.4 Å². The van der Waals surface area contributed by atoms with Crippen LogP contribution in [0.2, 0.25) is 0 Å². The van der Waals surface area contributed by atoms with E-state index in [9.17, 15) is 18.3 Å². The predicted molar refractivity (Wildman–Crippen MR) is 117 cm³/mol. The Balaban J connectivity index is 1.58. The Kier molecular flexibility index (Phi) is 6.03. The fourth-order valence-corrected chi connectivity index (χ4v) is 3.70. The molecule has 3 N–H and O–H groups in total. The van der Waals surface area contributed by atoms with E-state index >= 15 is 0 Å². The number of hydrogen-bond donors (Lipinski definition) is 3. The molecule has 1 fully saturated rings. The smallest absolute Gasteiger partial charge is 0.420 e. The van der Waals surface area contributed by atoms with Gasteiger partial charge in [0.05, 0.1) is 12.3 Å². The molecule has 1 aliphatic rings. The highest BCUT2D eigenvalue weighted by atomic mass is 35.5. The first kappa shape index (κ1) is 22.0. The van der Waals surface area contributed by atoms with Gasteiger partial charge in [-0.1, -0.05) is 12.6 Å². The molecule has 168 valence electrons. The minimum atomic E-state index is -3.79. The number of halogens is 4. The van der Waals surface area contributed by atoms with Crippen molar-refractivity contribution in [2.24, 2.45) is 0 Å². The molecule has 1 aliphatic heterocycles. The van der Waals surface area contributed by atoms with Crippen LogP contribution in [0, 0.1) is 5.82 Å². The number of β-amino-alcohol motifs (C(OH)–C–C–N with tert-alkyl or cyclic N) is 1. The SMILES string of the molecule is C=C(Nc1ccc(OC(F)(F)Cl)cc1)c1ccc(N2CC[C@@H](O)C2)c(-c2[nH]ncc2F)c1. The summed E-state index contributed by atoms with van der Waals surface area (Å²) in [4.78, 5) is 1.99. The van der Waals surface area contributed by atoms with E-state index in [1.54, 1.807) is 18.2 Å². The number of alkyl halides is 3. The van der Waals surface area contributed by atoms with Crippen molar-refractivity contribution < 1.29 is 23.0 Å². The molecular formula is C22H20ClF3N4O2. The first-order valence-electron chi connectivity index (χ1n) is 9.78. The molecular weight excluding hydrogens is 445 g/mol. The van der Waals surface area contributed by atoms with Gasteiger partial charge >= 0.3 is 5.57 Å². The summed E-state index contributed by atoms with van der Waals surface area (Å²) in [6.45, 7) is 5.14. The van der Waals surface area contributed by atoms with Gasteiger partial charge in [0.2, 0.25) is 0 Å². The maximum atomic E-state index is 14.3. The van der Waals surface area contributed by atoms with E-state index in [2.05, 4.69) is 26.8 Å². The van der Waals surface area contributed by atoms with Crippen molar-refractivity contribution in [3.8, 4) is 17.0 Å². The van der Waals surface area contributed by atoms with Crippen LogP contribution in [0.5, 0.6) is 5.75 Å². The van der Waals surface area contributed by atoms with Crippen molar-refractivity contribution in [3.63, 3.8) is 0 Å². The fourth-order valence-electron chi connectivity index (χ4n) is 3.61. The van der Waals surface area contributed by atoms with Gasteiger partial charge in [-0.15, -0.1) is 8.78 Å². The normalized spacial score (nSPS) is 16.3. The minimum Gasteiger partial charge on any atom is -0.420 e. The third-order valence-corrected chi connectivity index (χ3v) is 5.17. The zero-order chi connectivity index (χ0) is 22.9. The molecule has 2 aromatic carbocycles. The Morgan fingerprint density at radius 3 is 2.62 bits per heavy atom. The van der Waals surface area contributed by atoms with Gasteiger partial charge in [-0.2, -0.15) is 5.10 Å². The lowest BCUT2D eigenvalue weighted by Crippen LogP contribution is -2.22. The Labute approximate surface area is 187 Å². The van der Waals surface area contributed by atoms with Gasteiger partial charge in [0.15, 0.2) is 5.82 Å². The monoisotopic (exact) mass is 464 g/mol. The molecule has 0 amide bonds. The Morgan fingerprint density at radius 2 is 2.03 bits per heavy atom. The summed E-state index contributed by atoms with van der Waals surface area (Å²) in [5.41, 5.74) is -0.418. The zero-order valence-electron chi connectivity index (χ0n) is 16.8. The molecule has 3 aromatic rings. The summed E-state index contributed by atoms with van der Waals surface area (Å²) in [6.07, 6.45) is 1.30. The third-order valence-electron chi connectivity index (χ3n) is 5.09. The lowest BCUT2D eigenvalue weighted by Gasteiger charge is -2.22. The number of benzene rings is 2. The number of aromatic nitrogens is 2. The third kappa shape index (κ3) is 5.00. The number of ether oxygens (including phenoxy) is 1. The van der Waals surface area contributed by atoms with Gasteiger partial charge in [0.1, 0.15) is 11.4 Å². The average molecular weight is 465 g/mol. The van der Waals surface area contributed by atoms with E-state index in [1.807, 2.05) is 17.0 Å². The van der Waals surface area contributed by atoms with Gasteiger partial charge in [0, 0.05) is 47.3 Å². The van der Waals surface area contributed by atoms with E-state index in [1.165, 1.54) is 12.1 Å². The number of aromatic amines is 1. The summed E-state index contributed by atoms with van der Waals surface area (Å²) in [5.74, 6) is -0.580. The Hall–Kier alpha value is -3.17. The minimum absolute atomic E-state index is 0.0877. The first-order valence-corrected chi connectivity index (χ1v) is 10.2. The molecule has 32 heavy (non-hydrogen) atoms. The van der Waals surface area contributed by atoms with Crippen molar-refractivity contribution in [3.05, 3.63) is 66.6 Å². The summed E-state index contributed by atoms with van der Waals surface area (Å²) < 4.78 is 44.1. The molecule has 0 unspecified atom stereocenters. The predicted octanol–water partition coefficient (Wildman–Crippen LogP) is 5.04. The van der Waals surface area contributed by atoms with E-state index in [-0.39, 0.29) is 11.4 Å². The van der Waals surface area contributed by atoms with Crippen LogP contribution in [0.1, 0.15) is 12.0 Å². The van der Waals surface area contributed by atoms with Crippen LogP contribution >= 0.6 is 11.6 Å². The number of nitrogens with zero attached hydrogens (tertiary/aromatic N) is 2. The lowest BCUT2D eigenvalue weighted by atomic mass is 10.0. The van der Waals surface area contributed by atoms with E-state index in [0.29, 0.717) is 42.0 Å². The summed E-state index contributed by atoms with van der Waals surface area (Å²) >= 11 is 4.77. The van der Waals surface area contributed by atoms with Crippen molar-refractivity contribution >= 4 is 28.7 Å². The van der Waals surface area contributed by atoms with Crippen molar-refractivity contribution in [1.82, 2.24) is 10.2 Å². The van der Waals surface area contributed by atoms with E-state index < -0.39 is 17.5 Å². The number of anilines is 2. The zero-order valence-corrected chi connectivity index (χ0v) is 17.5. The number of nitrogens with one attached hydrogen (secondary N) is 2. The Bertz CT molecular complexity index is 1120. The van der Waals surface area contributed by atoms with Crippen LogP contribution < -0.4 is 15.0 Å². The molecule has 0 bridgehead atoms. The maximum absolute atomic E-state index is 14.3. The topological polar surface area (TPSA) is 73.4 Å². The molecule has 0 aliphatic carbocycles. The summed E-state index contributed by atoms with van der Waals surface area (Å²) in [5, 5.41) is 19.5. The van der Waals surface area contributed by atoms with Gasteiger partial charge in [-0.3, -0.25) is 5.10 Å². The quantitative estimate of drug-likeness (QED) is 0.427. The van der Waals surface area contributed by atoms with Crippen LogP contribution in [0.25, 0.3) is 17.0 Å². The second-order valence-corrected chi connectivity index (χ2v) is 7.83. The van der Waals surface area contributed by atoms with Crippen LogP contribution in [-0.2, 0) is 0 Å². The summed E-state index contributed by atoms with van der Waals surface area (Å²) in [6, 6.07) is 11.2. The number of H-pyrrole nitrogens is 1. The average Bonchev–Trinajstić information content (AvgIpc) is 3.36. The van der Waals surface area contributed by atoms with Crippen LogP contribution in [0.15, 0.2) is 55.2 Å². The maximum Gasteiger partial charge on any atom is 0.487 e. The van der Waals surface area contributed by atoms with Crippen LogP contribution in [0.4, 0.5) is 24.5 Å². The molecule has 0 saturated carbocycles. The van der Waals surface area contributed by atoms with Crippen molar-refractivity contribution in [1.29, 1.82) is 0 Å².